The standard InChI is InChI=1S/C23H27ClN2O3/c1-16(2)11-23(27)26(14-17-5-4-6-19(24)12-17)15-21-13-22(25-29-21)18-7-9-20(28-3)10-8-18/h4-10,12,16,21H,11,13-15H2,1-3H3. The van der Waals surface area contributed by atoms with E-state index in [1.54, 1.807) is 7.11 Å². The average molecular weight is 415 g/mol. The Kier molecular flexibility index (Phi) is 7.15. The molecule has 0 saturated heterocycles. The molecule has 29 heavy (non-hydrogen) atoms. The molecule has 0 fully saturated rings. The second kappa shape index (κ2) is 9.79. The van der Waals surface area contributed by atoms with E-state index >= 15 is 0 Å². The van der Waals surface area contributed by atoms with Crippen LogP contribution in [0.1, 0.15) is 37.8 Å². The number of methoxy groups -OCH3 is 1. The van der Waals surface area contributed by atoms with Gasteiger partial charge in [0.05, 0.1) is 19.4 Å². The number of hydrogen-bond donors (Lipinski definition) is 0. The lowest BCUT2D eigenvalue weighted by Crippen LogP contribution is -2.37. The number of halogens is 1. The van der Waals surface area contributed by atoms with Crippen molar-refractivity contribution >= 4 is 23.2 Å². The fourth-order valence-electron chi connectivity index (χ4n) is 3.31. The highest BCUT2D eigenvalue weighted by molar-refractivity contribution is 6.30. The highest BCUT2D eigenvalue weighted by Crippen LogP contribution is 2.22. The van der Waals surface area contributed by atoms with Crippen molar-refractivity contribution in [3.63, 3.8) is 0 Å². The number of rotatable bonds is 8. The number of carbonyl (C=O) groups is 1. The van der Waals surface area contributed by atoms with Crippen LogP contribution in [0.3, 0.4) is 0 Å². The lowest BCUT2D eigenvalue weighted by molar-refractivity contribution is -0.134. The predicted molar refractivity (Wildman–Crippen MR) is 115 cm³/mol. The first-order valence-corrected chi connectivity index (χ1v) is 10.2. The van der Waals surface area contributed by atoms with Gasteiger partial charge in [0, 0.05) is 24.4 Å². The summed E-state index contributed by atoms with van der Waals surface area (Å²) in [4.78, 5) is 20.3. The molecular formula is C23H27ClN2O3. The molecule has 0 radical (unpaired) electrons. The highest BCUT2D eigenvalue weighted by atomic mass is 35.5. The molecule has 1 heterocycles. The quantitative estimate of drug-likeness (QED) is 0.616. The van der Waals surface area contributed by atoms with Crippen LogP contribution < -0.4 is 4.74 Å². The van der Waals surface area contributed by atoms with Crippen LogP contribution >= 0.6 is 11.6 Å². The summed E-state index contributed by atoms with van der Waals surface area (Å²) < 4.78 is 5.20. The van der Waals surface area contributed by atoms with E-state index in [0.29, 0.717) is 36.9 Å². The number of nitrogens with zero attached hydrogens (tertiary/aromatic N) is 2. The first kappa shape index (κ1) is 21.2. The van der Waals surface area contributed by atoms with Crippen LogP contribution in [0.4, 0.5) is 0 Å². The fourth-order valence-corrected chi connectivity index (χ4v) is 3.53. The Morgan fingerprint density at radius 2 is 2.03 bits per heavy atom. The molecule has 0 N–H and O–H groups in total. The molecule has 3 rings (SSSR count). The van der Waals surface area contributed by atoms with Gasteiger partial charge in [-0.2, -0.15) is 0 Å². The summed E-state index contributed by atoms with van der Waals surface area (Å²) in [5.74, 6) is 1.21. The van der Waals surface area contributed by atoms with Crippen LogP contribution in [0, 0.1) is 5.92 Å². The van der Waals surface area contributed by atoms with E-state index in [-0.39, 0.29) is 12.0 Å². The lowest BCUT2D eigenvalue weighted by Gasteiger charge is -2.26. The first-order valence-electron chi connectivity index (χ1n) is 9.84. The normalized spacial score (nSPS) is 15.8. The van der Waals surface area contributed by atoms with Gasteiger partial charge >= 0.3 is 0 Å². The summed E-state index contributed by atoms with van der Waals surface area (Å²) in [7, 11) is 1.64. The van der Waals surface area contributed by atoms with Gasteiger partial charge in [0.2, 0.25) is 5.91 Å². The molecule has 0 bridgehead atoms. The fraction of sp³-hybridized carbons (Fsp3) is 0.391. The van der Waals surface area contributed by atoms with E-state index in [9.17, 15) is 4.79 Å². The number of oxime groups is 1. The zero-order chi connectivity index (χ0) is 20.8. The molecule has 5 nitrogen and oxygen atoms in total. The number of benzene rings is 2. The van der Waals surface area contributed by atoms with Gasteiger partial charge in [0.1, 0.15) is 5.75 Å². The number of hydrogen-bond acceptors (Lipinski definition) is 4. The van der Waals surface area contributed by atoms with Gasteiger partial charge < -0.3 is 14.5 Å². The van der Waals surface area contributed by atoms with E-state index in [2.05, 4.69) is 5.16 Å². The second-order valence-electron chi connectivity index (χ2n) is 7.70. The molecule has 2 aromatic rings. The van der Waals surface area contributed by atoms with Crippen LogP contribution in [0.2, 0.25) is 5.02 Å². The van der Waals surface area contributed by atoms with E-state index < -0.39 is 0 Å². The van der Waals surface area contributed by atoms with Crippen molar-refractivity contribution < 1.29 is 14.4 Å². The molecule has 0 aromatic heterocycles. The molecular weight excluding hydrogens is 388 g/mol. The summed E-state index contributed by atoms with van der Waals surface area (Å²) in [5.41, 5.74) is 2.89. The molecule has 1 amide bonds. The Morgan fingerprint density at radius 3 is 2.69 bits per heavy atom. The van der Waals surface area contributed by atoms with E-state index in [0.717, 1.165) is 22.6 Å². The number of amides is 1. The first-order chi connectivity index (χ1) is 13.9. The Labute approximate surface area is 177 Å². The molecule has 2 aromatic carbocycles. The maximum absolute atomic E-state index is 12.8. The molecule has 1 unspecified atom stereocenters. The predicted octanol–water partition coefficient (Wildman–Crippen LogP) is 4.92. The van der Waals surface area contributed by atoms with Crippen molar-refractivity contribution in [3.8, 4) is 5.75 Å². The van der Waals surface area contributed by atoms with Crippen molar-refractivity contribution in [2.24, 2.45) is 11.1 Å². The zero-order valence-electron chi connectivity index (χ0n) is 17.1. The van der Waals surface area contributed by atoms with Gasteiger partial charge in [0.25, 0.3) is 0 Å². The van der Waals surface area contributed by atoms with Crippen molar-refractivity contribution in [2.45, 2.75) is 39.3 Å². The van der Waals surface area contributed by atoms with Crippen molar-refractivity contribution in [3.05, 3.63) is 64.7 Å². The molecule has 0 spiro atoms. The highest BCUT2D eigenvalue weighted by Gasteiger charge is 2.27. The average Bonchev–Trinajstić information content (AvgIpc) is 3.15. The van der Waals surface area contributed by atoms with Crippen molar-refractivity contribution in [1.29, 1.82) is 0 Å². The number of carbonyl (C=O) groups excluding carboxylic acids is 1. The van der Waals surface area contributed by atoms with Crippen LogP contribution in [-0.2, 0) is 16.2 Å². The monoisotopic (exact) mass is 414 g/mol. The second-order valence-corrected chi connectivity index (χ2v) is 8.14. The topological polar surface area (TPSA) is 51.1 Å². The molecule has 1 aliphatic heterocycles. The molecule has 154 valence electrons. The van der Waals surface area contributed by atoms with Crippen LogP contribution in [-0.4, -0.2) is 36.3 Å². The molecule has 0 aliphatic carbocycles. The maximum atomic E-state index is 12.8. The maximum Gasteiger partial charge on any atom is 0.223 e. The SMILES string of the molecule is COc1ccc(C2=NOC(CN(Cc3cccc(Cl)c3)C(=O)CC(C)C)C2)cc1. The van der Waals surface area contributed by atoms with Gasteiger partial charge in [-0.3, -0.25) is 4.79 Å². The largest absolute Gasteiger partial charge is 0.497 e. The minimum Gasteiger partial charge on any atom is -0.497 e. The Balaban J connectivity index is 1.66. The third kappa shape index (κ3) is 5.97. The van der Waals surface area contributed by atoms with Gasteiger partial charge in [0.15, 0.2) is 6.10 Å². The van der Waals surface area contributed by atoms with Gasteiger partial charge in [-0.1, -0.05) is 42.7 Å². The summed E-state index contributed by atoms with van der Waals surface area (Å²) in [5, 5.41) is 4.92. The summed E-state index contributed by atoms with van der Waals surface area (Å²) in [6.45, 7) is 5.09. The summed E-state index contributed by atoms with van der Waals surface area (Å²) in [6.07, 6.45) is 0.995. The smallest absolute Gasteiger partial charge is 0.223 e. The zero-order valence-corrected chi connectivity index (χ0v) is 17.9. The lowest BCUT2D eigenvalue weighted by atomic mass is 10.0. The van der Waals surface area contributed by atoms with Crippen LogP contribution in [0.25, 0.3) is 0 Å². The Hall–Kier alpha value is -2.53. The molecule has 6 heteroatoms. The van der Waals surface area contributed by atoms with Gasteiger partial charge in [-0.05, 0) is 53.4 Å². The van der Waals surface area contributed by atoms with E-state index in [4.69, 9.17) is 21.2 Å². The Bertz CT molecular complexity index is 865. The Morgan fingerprint density at radius 1 is 1.28 bits per heavy atom. The summed E-state index contributed by atoms with van der Waals surface area (Å²) in [6, 6.07) is 15.4. The van der Waals surface area contributed by atoms with Crippen LogP contribution in [0.5, 0.6) is 5.75 Å². The van der Waals surface area contributed by atoms with Crippen LogP contribution in [0.15, 0.2) is 53.7 Å². The molecule has 1 atom stereocenters. The number of ether oxygens (including phenoxy) is 1. The van der Waals surface area contributed by atoms with Crippen molar-refractivity contribution in [1.82, 2.24) is 4.90 Å². The minimum atomic E-state index is -0.164. The summed E-state index contributed by atoms with van der Waals surface area (Å²) >= 11 is 6.12. The van der Waals surface area contributed by atoms with Gasteiger partial charge in [-0.15, -0.1) is 0 Å². The third-order valence-electron chi connectivity index (χ3n) is 4.78. The minimum absolute atomic E-state index is 0.112. The molecule has 0 saturated carbocycles. The van der Waals surface area contributed by atoms with E-state index in [1.165, 1.54) is 0 Å². The van der Waals surface area contributed by atoms with Gasteiger partial charge in [-0.25, -0.2) is 0 Å². The molecule has 1 aliphatic rings. The van der Waals surface area contributed by atoms with Crippen molar-refractivity contribution in [2.75, 3.05) is 13.7 Å². The van der Waals surface area contributed by atoms with E-state index in [1.807, 2.05) is 67.3 Å². The third-order valence-corrected chi connectivity index (χ3v) is 5.01.